The summed E-state index contributed by atoms with van der Waals surface area (Å²) in [6, 6.07) is 15.9. The Morgan fingerprint density at radius 3 is 2.47 bits per heavy atom. The number of hydrogen-bond donors (Lipinski definition) is 1. The van der Waals surface area contributed by atoms with Crippen LogP contribution in [0.15, 0.2) is 54.6 Å². The van der Waals surface area contributed by atoms with Crippen LogP contribution in [0.1, 0.15) is 50.1 Å². The van der Waals surface area contributed by atoms with Crippen molar-refractivity contribution in [3.05, 3.63) is 76.5 Å². The van der Waals surface area contributed by atoms with Gasteiger partial charge in [0, 0.05) is 47.2 Å². The number of halogens is 1. The molecule has 0 fully saturated rings. The molecule has 7 nitrogen and oxygen atoms in total. The van der Waals surface area contributed by atoms with E-state index in [2.05, 4.69) is 36.2 Å². The smallest absolute Gasteiger partial charge is 0.337 e. The summed E-state index contributed by atoms with van der Waals surface area (Å²) < 4.78 is 9.01. The van der Waals surface area contributed by atoms with Crippen molar-refractivity contribution in [3.63, 3.8) is 0 Å². The first-order valence-corrected chi connectivity index (χ1v) is 15.5. The Labute approximate surface area is 260 Å². The van der Waals surface area contributed by atoms with Crippen LogP contribution < -0.4 is 0 Å². The summed E-state index contributed by atoms with van der Waals surface area (Å²) >= 11 is 7.81. The summed E-state index contributed by atoms with van der Waals surface area (Å²) in [4.78, 5) is 20.0. The van der Waals surface area contributed by atoms with Crippen LogP contribution >= 0.6 is 22.9 Å². The molecular formula is C34H35ClN4O3S. The summed E-state index contributed by atoms with van der Waals surface area (Å²) in [6.45, 7) is 9.48. The number of aryl methyl sites for hydroxylation is 2. The third-order valence-corrected chi connectivity index (χ3v) is 9.22. The highest BCUT2D eigenvalue weighted by atomic mass is 35.5. The summed E-state index contributed by atoms with van der Waals surface area (Å²) in [6.07, 6.45) is 2.10. The third kappa shape index (κ3) is 5.72. The normalized spacial score (nSPS) is 15.3. The molecule has 1 N–H and O–H groups in total. The Kier molecular flexibility index (Phi) is 7.67. The van der Waals surface area contributed by atoms with E-state index in [1.165, 1.54) is 5.57 Å². The number of aliphatic carboxylic acids is 1. The van der Waals surface area contributed by atoms with E-state index in [-0.39, 0.29) is 0 Å². The van der Waals surface area contributed by atoms with Crippen LogP contribution in [-0.2, 0) is 16.6 Å². The van der Waals surface area contributed by atoms with Gasteiger partial charge in [0.15, 0.2) is 6.10 Å². The highest BCUT2D eigenvalue weighted by molar-refractivity contribution is 7.22. The number of likely N-dealkylation sites (N-methyl/N-ethyl adjacent to an activating group) is 1. The lowest BCUT2D eigenvalue weighted by Gasteiger charge is -2.28. The number of fused-ring (bicyclic) bond motifs is 2. The highest BCUT2D eigenvalue weighted by Crippen LogP contribution is 2.45. The molecule has 1 aliphatic rings. The summed E-state index contributed by atoms with van der Waals surface area (Å²) in [7, 11) is 4.12. The van der Waals surface area contributed by atoms with Gasteiger partial charge in [-0.25, -0.2) is 9.78 Å². The Bertz CT molecular complexity index is 1900. The van der Waals surface area contributed by atoms with E-state index in [0.29, 0.717) is 10.6 Å². The van der Waals surface area contributed by atoms with Crippen molar-refractivity contribution in [2.75, 3.05) is 20.1 Å². The first-order valence-electron chi connectivity index (χ1n) is 14.4. The average molecular weight is 615 g/mol. The highest BCUT2D eigenvalue weighted by Gasteiger charge is 2.32. The van der Waals surface area contributed by atoms with Gasteiger partial charge in [-0.2, -0.15) is 5.10 Å². The number of carbonyl (C=O) groups is 1. The molecule has 5 aromatic rings. The van der Waals surface area contributed by atoms with Gasteiger partial charge in [-0.3, -0.25) is 4.68 Å². The second-order valence-electron chi connectivity index (χ2n) is 12.3. The Morgan fingerprint density at radius 1 is 1.09 bits per heavy atom. The van der Waals surface area contributed by atoms with Gasteiger partial charge in [0.25, 0.3) is 0 Å². The van der Waals surface area contributed by atoms with Crippen LogP contribution in [0.25, 0.3) is 48.4 Å². The molecule has 0 amide bonds. The molecule has 3 heterocycles. The van der Waals surface area contributed by atoms with E-state index in [0.717, 1.165) is 73.6 Å². The van der Waals surface area contributed by atoms with Gasteiger partial charge >= 0.3 is 5.97 Å². The topological polar surface area (TPSA) is 80.5 Å². The lowest BCUT2D eigenvalue weighted by atomic mass is 9.91. The molecule has 0 aliphatic carbocycles. The molecule has 43 heavy (non-hydrogen) atoms. The van der Waals surface area contributed by atoms with Gasteiger partial charge in [0.2, 0.25) is 0 Å². The van der Waals surface area contributed by atoms with Crippen molar-refractivity contribution in [1.29, 1.82) is 0 Å². The minimum Gasteiger partial charge on any atom is -0.479 e. The molecule has 0 bridgehead atoms. The maximum Gasteiger partial charge on any atom is 0.337 e. The van der Waals surface area contributed by atoms with E-state index in [1.54, 1.807) is 11.3 Å². The van der Waals surface area contributed by atoms with Crippen molar-refractivity contribution in [3.8, 4) is 21.7 Å². The zero-order valence-corrected chi connectivity index (χ0v) is 26.8. The number of aromatic nitrogens is 3. The van der Waals surface area contributed by atoms with Crippen molar-refractivity contribution in [2.24, 2.45) is 7.05 Å². The lowest BCUT2D eigenvalue weighted by molar-refractivity contribution is -0.160. The number of carboxylic acid groups (broad SMARTS) is 1. The van der Waals surface area contributed by atoms with Crippen LogP contribution in [0.5, 0.6) is 0 Å². The fourth-order valence-corrected chi connectivity index (χ4v) is 7.02. The van der Waals surface area contributed by atoms with Crippen LogP contribution in [-0.4, -0.2) is 56.5 Å². The molecule has 0 saturated heterocycles. The van der Waals surface area contributed by atoms with Gasteiger partial charge in [-0.1, -0.05) is 35.9 Å². The van der Waals surface area contributed by atoms with E-state index in [4.69, 9.17) is 26.4 Å². The molecule has 0 radical (unpaired) electrons. The van der Waals surface area contributed by atoms with Gasteiger partial charge in [-0.15, -0.1) is 11.3 Å². The number of benzene rings is 3. The Balaban J connectivity index is 1.52. The summed E-state index contributed by atoms with van der Waals surface area (Å²) in [5.41, 5.74) is 7.64. The third-order valence-electron chi connectivity index (χ3n) is 7.83. The maximum absolute atomic E-state index is 12.6. The molecule has 0 saturated carbocycles. The standard InChI is InChI=1S/C34H35ClN4O3S/c1-19-17-25-31(28(20-7-10-23(35)11-8-20)27(19)30(33(40)41)42-34(2,3)4)43-32(36-25)22-9-12-24-26(18-22)39(6)37-29(24)21-13-15-38(5)16-14-21/h7-13,17-18,30H,14-16H2,1-6H3,(H,40,41)/t30-/m0/s1. The Morgan fingerprint density at radius 2 is 1.81 bits per heavy atom. The molecule has 2 aromatic heterocycles. The number of carboxylic acids is 1. The fraction of sp³-hybridized carbons (Fsp3) is 0.324. The first kappa shape index (κ1) is 29.5. The Hall–Kier alpha value is -3.56. The zero-order chi connectivity index (χ0) is 30.6. The van der Waals surface area contributed by atoms with Crippen molar-refractivity contribution >= 4 is 55.6 Å². The van der Waals surface area contributed by atoms with Crippen molar-refractivity contribution < 1.29 is 14.6 Å². The number of nitrogens with zero attached hydrogens (tertiary/aromatic N) is 4. The average Bonchev–Trinajstić information content (AvgIpc) is 3.52. The molecule has 0 spiro atoms. The summed E-state index contributed by atoms with van der Waals surface area (Å²) in [5, 5.41) is 17.8. The predicted octanol–water partition coefficient (Wildman–Crippen LogP) is 8.14. The molecule has 9 heteroatoms. The predicted molar refractivity (Wildman–Crippen MR) is 176 cm³/mol. The first-order chi connectivity index (χ1) is 20.4. The molecule has 222 valence electrons. The largest absolute Gasteiger partial charge is 0.479 e. The molecular weight excluding hydrogens is 580 g/mol. The van der Waals surface area contributed by atoms with E-state index in [1.807, 2.05) is 69.8 Å². The van der Waals surface area contributed by atoms with Crippen molar-refractivity contribution in [2.45, 2.75) is 45.8 Å². The van der Waals surface area contributed by atoms with Crippen molar-refractivity contribution in [1.82, 2.24) is 19.7 Å². The molecule has 1 atom stereocenters. The van der Waals surface area contributed by atoms with Crippen LogP contribution in [0.2, 0.25) is 5.02 Å². The lowest BCUT2D eigenvalue weighted by Crippen LogP contribution is -2.28. The van der Waals surface area contributed by atoms with E-state index in [9.17, 15) is 9.90 Å². The van der Waals surface area contributed by atoms with Crippen LogP contribution in [0.4, 0.5) is 0 Å². The summed E-state index contributed by atoms with van der Waals surface area (Å²) in [5.74, 6) is -1.03. The number of hydrogen-bond acceptors (Lipinski definition) is 6. The second-order valence-corrected chi connectivity index (χ2v) is 13.7. The quantitative estimate of drug-likeness (QED) is 0.208. The van der Waals surface area contributed by atoms with Gasteiger partial charge in [0.05, 0.1) is 27.0 Å². The minimum atomic E-state index is -1.15. The maximum atomic E-state index is 12.6. The molecule has 3 aromatic carbocycles. The molecule has 0 unspecified atom stereocenters. The van der Waals surface area contributed by atoms with E-state index < -0.39 is 17.7 Å². The van der Waals surface area contributed by atoms with Gasteiger partial charge in [0.1, 0.15) is 5.01 Å². The monoisotopic (exact) mass is 614 g/mol. The van der Waals surface area contributed by atoms with Gasteiger partial charge < -0.3 is 14.7 Å². The van der Waals surface area contributed by atoms with Gasteiger partial charge in [-0.05, 0) is 88.2 Å². The van der Waals surface area contributed by atoms with Crippen LogP contribution in [0, 0.1) is 6.92 Å². The number of thiazole rings is 1. The van der Waals surface area contributed by atoms with E-state index >= 15 is 0 Å². The molecule has 1 aliphatic heterocycles. The fourth-order valence-electron chi connectivity index (χ4n) is 5.78. The zero-order valence-electron chi connectivity index (χ0n) is 25.2. The molecule has 6 rings (SSSR count). The SMILES string of the molecule is Cc1cc2nc(-c3ccc4c(C5=CCN(C)CC5)nn(C)c4c3)sc2c(-c2ccc(Cl)cc2)c1[C@H](OC(C)(C)C)C(=O)O. The number of ether oxygens (including phenoxy) is 1. The minimum absolute atomic E-state index is 0.611. The van der Waals surface area contributed by atoms with Crippen LogP contribution in [0.3, 0.4) is 0 Å². The number of rotatable bonds is 6. The second kappa shape index (κ2) is 11.2.